The first-order valence-corrected chi connectivity index (χ1v) is 5.11. The highest BCUT2D eigenvalue weighted by Gasteiger charge is 2.01. The van der Waals surface area contributed by atoms with Gasteiger partial charge in [0.05, 0.1) is 5.52 Å². The molecule has 0 radical (unpaired) electrons. The molecule has 78 valence electrons. The van der Waals surface area contributed by atoms with Crippen LogP contribution in [0.3, 0.4) is 0 Å². The molecule has 2 rings (SSSR count). The Morgan fingerprint density at radius 2 is 2.13 bits per heavy atom. The Balaban J connectivity index is 2.50. The van der Waals surface area contributed by atoms with E-state index in [-0.39, 0.29) is 0 Å². The maximum atomic E-state index is 5.48. The number of aromatic nitrogens is 1. The van der Waals surface area contributed by atoms with Crippen LogP contribution in [0.5, 0.6) is 0 Å². The second kappa shape index (κ2) is 4.28. The molecule has 1 aromatic heterocycles. The zero-order valence-electron chi connectivity index (χ0n) is 8.83. The molecule has 0 fully saturated rings. The lowest BCUT2D eigenvalue weighted by Crippen LogP contribution is -2.13. The number of rotatable bonds is 3. The molecule has 2 aromatic rings. The van der Waals surface area contributed by atoms with Gasteiger partial charge in [-0.25, -0.2) is 0 Å². The minimum Gasteiger partial charge on any atom is -0.383 e. The van der Waals surface area contributed by atoms with Gasteiger partial charge in [-0.15, -0.1) is 0 Å². The number of para-hydroxylation sites is 1. The molecule has 0 spiro atoms. The van der Waals surface area contributed by atoms with E-state index in [0.717, 1.165) is 28.8 Å². The highest BCUT2D eigenvalue weighted by atomic mass is 14.9. The summed E-state index contributed by atoms with van der Waals surface area (Å²) in [6, 6.07) is 10.2. The molecular weight excluding hydrogens is 186 g/mol. The number of fused-ring (bicyclic) bond motifs is 1. The van der Waals surface area contributed by atoms with Crippen molar-refractivity contribution < 1.29 is 0 Å². The molecule has 1 aromatic carbocycles. The first-order chi connectivity index (χ1) is 7.31. The Labute approximate surface area is 89.3 Å². The quantitative estimate of drug-likeness (QED) is 0.797. The van der Waals surface area contributed by atoms with E-state index in [1.807, 2.05) is 25.1 Å². The number of hydrogen-bond donors (Lipinski definition) is 2. The van der Waals surface area contributed by atoms with Crippen molar-refractivity contribution in [3.63, 3.8) is 0 Å². The van der Waals surface area contributed by atoms with Crippen LogP contribution in [0, 0.1) is 6.92 Å². The summed E-state index contributed by atoms with van der Waals surface area (Å²) in [6.07, 6.45) is 0. The fraction of sp³-hybridized carbons (Fsp3) is 0.250. The fourth-order valence-corrected chi connectivity index (χ4v) is 1.66. The Kier molecular flexibility index (Phi) is 2.83. The average molecular weight is 201 g/mol. The van der Waals surface area contributed by atoms with Gasteiger partial charge in [-0.2, -0.15) is 0 Å². The minimum absolute atomic E-state index is 0.635. The largest absolute Gasteiger partial charge is 0.383 e. The summed E-state index contributed by atoms with van der Waals surface area (Å²) in [6.45, 7) is 3.42. The van der Waals surface area contributed by atoms with Gasteiger partial charge in [0.2, 0.25) is 0 Å². The van der Waals surface area contributed by atoms with Crippen molar-refractivity contribution in [3.05, 3.63) is 36.0 Å². The summed E-state index contributed by atoms with van der Waals surface area (Å²) in [5.41, 5.74) is 8.64. The van der Waals surface area contributed by atoms with Crippen LogP contribution in [0.2, 0.25) is 0 Å². The predicted octanol–water partition coefficient (Wildman–Crippen LogP) is 1.91. The van der Waals surface area contributed by atoms with E-state index in [2.05, 4.69) is 22.4 Å². The second-order valence-corrected chi connectivity index (χ2v) is 3.54. The van der Waals surface area contributed by atoms with Crippen molar-refractivity contribution in [2.75, 3.05) is 18.4 Å². The Bertz CT molecular complexity index is 465. The number of nitrogens with two attached hydrogens (primary N) is 1. The number of aryl methyl sites for hydroxylation is 1. The molecule has 0 amide bonds. The van der Waals surface area contributed by atoms with Crippen LogP contribution in [0.1, 0.15) is 5.69 Å². The van der Waals surface area contributed by atoms with Crippen LogP contribution in [-0.2, 0) is 0 Å². The van der Waals surface area contributed by atoms with Crippen LogP contribution in [0.25, 0.3) is 10.9 Å². The molecule has 15 heavy (non-hydrogen) atoms. The lowest BCUT2D eigenvalue weighted by molar-refractivity contribution is 1.02. The van der Waals surface area contributed by atoms with Crippen LogP contribution in [0.4, 0.5) is 5.69 Å². The zero-order valence-corrected chi connectivity index (χ0v) is 8.83. The summed E-state index contributed by atoms with van der Waals surface area (Å²) >= 11 is 0. The Hall–Kier alpha value is -1.61. The van der Waals surface area contributed by atoms with E-state index in [4.69, 9.17) is 5.73 Å². The maximum Gasteiger partial charge on any atom is 0.0725 e. The molecule has 0 aliphatic rings. The summed E-state index contributed by atoms with van der Waals surface area (Å²) < 4.78 is 0. The van der Waals surface area contributed by atoms with Gasteiger partial charge >= 0.3 is 0 Å². The predicted molar refractivity (Wildman–Crippen MR) is 64.0 cm³/mol. The van der Waals surface area contributed by atoms with E-state index < -0.39 is 0 Å². The summed E-state index contributed by atoms with van der Waals surface area (Å²) in [5, 5.41) is 4.46. The molecule has 3 heteroatoms. The summed E-state index contributed by atoms with van der Waals surface area (Å²) in [7, 11) is 0. The Morgan fingerprint density at radius 1 is 1.33 bits per heavy atom. The lowest BCUT2D eigenvalue weighted by Gasteiger charge is -2.09. The van der Waals surface area contributed by atoms with Gasteiger partial charge in [-0.05, 0) is 19.1 Å². The molecule has 3 nitrogen and oxygen atoms in total. The average Bonchev–Trinajstić information content (AvgIpc) is 2.25. The first-order valence-electron chi connectivity index (χ1n) is 5.11. The number of hydrogen-bond acceptors (Lipinski definition) is 3. The van der Waals surface area contributed by atoms with Gasteiger partial charge < -0.3 is 11.1 Å². The number of nitrogens with zero attached hydrogens (tertiary/aromatic N) is 1. The highest BCUT2D eigenvalue weighted by molar-refractivity contribution is 5.91. The van der Waals surface area contributed by atoms with E-state index in [1.165, 1.54) is 0 Å². The number of anilines is 1. The van der Waals surface area contributed by atoms with E-state index in [0.29, 0.717) is 6.54 Å². The van der Waals surface area contributed by atoms with Crippen molar-refractivity contribution in [2.24, 2.45) is 5.73 Å². The van der Waals surface area contributed by atoms with Gasteiger partial charge in [-0.3, -0.25) is 4.98 Å². The van der Waals surface area contributed by atoms with Crippen molar-refractivity contribution >= 4 is 16.6 Å². The SMILES string of the molecule is Cc1cc(NCCN)c2ccccc2n1. The molecule has 0 saturated heterocycles. The van der Waals surface area contributed by atoms with Crippen LogP contribution in [0.15, 0.2) is 30.3 Å². The zero-order chi connectivity index (χ0) is 10.7. The molecule has 0 saturated carbocycles. The highest BCUT2D eigenvalue weighted by Crippen LogP contribution is 2.22. The maximum absolute atomic E-state index is 5.48. The Morgan fingerprint density at radius 3 is 2.93 bits per heavy atom. The molecule has 0 aliphatic heterocycles. The second-order valence-electron chi connectivity index (χ2n) is 3.54. The number of nitrogens with one attached hydrogen (secondary N) is 1. The van der Waals surface area contributed by atoms with Crippen LogP contribution >= 0.6 is 0 Å². The smallest absolute Gasteiger partial charge is 0.0725 e. The minimum atomic E-state index is 0.635. The molecular formula is C12H15N3. The van der Waals surface area contributed by atoms with Gasteiger partial charge in [0.15, 0.2) is 0 Å². The third-order valence-corrected chi connectivity index (χ3v) is 2.30. The van der Waals surface area contributed by atoms with Gasteiger partial charge in [0.1, 0.15) is 0 Å². The van der Waals surface area contributed by atoms with Crippen molar-refractivity contribution in [1.29, 1.82) is 0 Å². The van der Waals surface area contributed by atoms with Gasteiger partial charge in [-0.1, -0.05) is 18.2 Å². The van der Waals surface area contributed by atoms with Crippen molar-refractivity contribution in [2.45, 2.75) is 6.92 Å². The molecule has 0 aliphatic carbocycles. The normalized spacial score (nSPS) is 10.5. The van der Waals surface area contributed by atoms with Gasteiger partial charge in [0, 0.05) is 29.9 Å². The van der Waals surface area contributed by atoms with Crippen molar-refractivity contribution in [3.8, 4) is 0 Å². The fourth-order valence-electron chi connectivity index (χ4n) is 1.66. The third kappa shape index (κ3) is 2.07. The first kappa shape index (κ1) is 9.93. The van der Waals surface area contributed by atoms with E-state index in [9.17, 15) is 0 Å². The van der Waals surface area contributed by atoms with Crippen LogP contribution in [-0.4, -0.2) is 18.1 Å². The van der Waals surface area contributed by atoms with Crippen LogP contribution < -0.4 is 11.1 Å². The molecule has 0 bridgehead atoms. The van der Waals surface area contributed by atoms with E-state index in [1.54, 1.807) is 0 Å². The summed E-state index contributed by atoms with van der Waals surface area (Å²) in [4.78, 5) is 4.47. The lowest BCUT2D eigenvalue weighted by atomic mass is 10.1. The molecule has 0 unspecified atom stereocenters. The van der Waals surface area contributed by atoms with Crippen molar-refractivity contribution in [1.82, 2.24) is 4.98 Å². The molecule has 0 atom stereocenters. The standard InChI is InChI=1S/C12H15N3/c1-9-8-12(14-7-6-13)10-4-2-3-5-11(10)15-9/h2-5,8H,6-7,13H2,1H3,(H,14,15). The number of pyridine rings is 1. The van der Waals surface area contributed by atoms with E-state index >= 15 is 0 Å². The number of benzene rings is 1. The monoisotopic (exact) mass is 201 g/mol. The van der Waals surface area contributed by atoms with Gasteiger partial charge in [0.25, 0.3) is 0 Å². The molecule has 3 N–H and O–H groups in total. The topological polar surface area (TPSA) is 50.9 Å². The third-order valence-electron chi connectivity index (χ3n) is 2.30. The molecule has 1 heterocycles. The summed E-state index contributed by atoms with van der Waals surface area (Å²) in [5.74, 6) is 0.